The Balaban J connectivity index is 2.23. The molecule has 0 aromatic carbocycles. The van der Waals surface area contributed by atoms with Crippen LogP contribution in [0.15, 0.2) is 0 Å². The third kappa shape index (κ3) is 6.59. The normalized spacial score (nSPS) is 15.3. The fraction of sp³-hybridized carbons (Fsp3) is 0.667. The molecule has 1 saturated heterocycles. The van der Waals surface area contributed by atoms with E-state index < -0.39 is 18.4 Å². The van der Waals surface area contributed by atoms with Crippen molar-refractivity contribution in [3.05, 3.63) is 0 Å². The van der Waals surface area contributed by atoms with Crippen LogP contribution in [0, 0.1) is 5.92 Å². The van der Waals surface area contributed by atoms with Crippen molar-refractivity contribution < 1.29 is 24.3 Å². The van der Waals surface area contributed by atoms with Crippen LogP contribution in [-0.4, -0.2) is 60.0 Å². The van der Waals surface area contributed by atoms with Crippen LogP contribution < -0.4 is 16.4 Å². The second-order valence-corrected chi connectivity index (χ2v) is 4.93. The Kier molecular flexibility index (Phi) is 6.44. The van der Waals surface area contributed by atoms with Gasteiger partial charge < -0.3 is 26.4 Å². The zero-order valence-corrected chi connectivity index (χ0v) is 11.6. The number of aliphatic carboxylic acids is 1. The number of piperidine rings is 1. The van der Waals surface area contributed by atoms with Gasteiger partial charge >= 0.3 is 12.0 Å². The molecule has 0 aromatic heterocycles. The Hall–Kier alpha value is -2.32. The number of primary amides is 1. The van der Waals surface area contributed by atoms with Crippen LogP contribution >= 0.6 is 0 Å². The predicted octanol–water partition coefficient (Wildman–Crippen LogP) is -1.52. The van der Waals surface area contributed by atoms with Crippen molar-refractivity contribution in [2.45, 2.75) is 19.3 Å². The molecule has 1 rings (SSSR count). The largest absolute Gasteiger partial charge is 0.480 e. The second kappa shape index (κ2) is 8.08. The maximum Gasteiger partial charge on any atom is 0.322 e. The van der Waals surface area contributed by atoms with Crippen LogP contribution in [-0.2, 0) is 14.4 Å². The van der Waals surface area contributed by atoms with Gasteiger partial charge in [-0.05, 0) is 18.8 Å². The standard InChI is InChI=1S/C12H20N4O5/c13-9(17)5-8-1-3-16(4-2-8)12(21)15-6-10(18)14-7-11(19)20/h8H,1-7H2,(H2,13,17)(H,14,18)(H,15,21)(H,19,20). The van der Waals surface area contributed by atoms with Gasteiger partial charge in [-0.25, -0.2) is 4.79 Å². The molecule has 5 N–H and O–H groups in total. The number of urea groups is 1. The summed E-state index contributed by atoms with van der Waals surface area (Å²) in [6, 6.07) is -0.377. The number of carbonyl (C=O) groups is 4. The zero-order chi connectivity index (χ0) is 15.8. The van der Waals surface area contributed by atoms with Crippen molar-refractivity contribution >= 4 is 23.8 Å². The number of carbonyl (C=O) groups excluding carboxylic acids is 3. The van der Waals surface area contributed by atoms with Crippen molar-refractivity contribution in [2.24, 2.45) is 11.7 Å². The number of hydrogen-bond acceptors (Lipinski definition) is 4. The molecule has 1 heterocycles. The zero-order valence-electron chi connectivity index (χ0n) is 11.6. The lowest BCUT2D eigenvalue weighted by molar-refractivity contribution is -0.137. The molecule has 1 fully saturated rings. The van der Waals surface area contributed by atoms with Crippen molar-refractivity contribution in [3.63, 3.8) is 0 Å². The number of nitrogens with two attached hydrogens (primary N) is 1. The van der Waals surface area contributed by atoms with Gasteiger partial charge in [0.2, 0.25) is 11.8 Å². The predicted molar refractivity (Wildman–Crippen MR) is 72.2 cm³/mol. The molecule has 0 bridgehead atoms. The molecule has 1 aliphatic heterocycles. The Morgan fingerprint density at radius 2 is 1.71 bits per heavy atom. The van der Waals surface area contributed by atoms with Crippen LogP contribution in [0.2, 0.25) is 0 Å². The maximum atomic E-state index is 11.8. The summed E-state index contributed by atoms with van der Waals surface area (Å²) >= 11 is 0. The first-order chi connectivity index (χ1) is 9.88. The van der Waals surface area contributed by atoms with Crippen LogP contribution in [0.4, 0.5) is 4.79 Å². The first-order valence-corrected chi connectivity index (χ1v) is 6.68. The highest BCUT2D eigenvalue weighted by Crippen LogP contribution is 2.19. The lowest BCUT2D eigenvalue weighted by Crippen LogP contribution is -2.47. The first-order valence-electron chi connectivity index (χ1n) is 6.68. The molecule has 0 aliphatic carbocycles. The average molecular weight is 300 g/mol. The lowest BCUT2D eigenvalue weighted by Gasteiger charge is -2.31. The summed E-state index contributed by atoms with van der Waals surface area (Å²) in [5.41, 5.74) is 5.13. The summed E-state index contributed by atoms with van der Waals surface area (Å²) in [5.74, 6) is -1.85. The average Bonchev–Trinajstić information content (AvgIpc) is 2.42. The van der Waals surface area contributed by atoms with Gasteiger partial charge in [0.25, 0.3) is 0 Å². The summed E-state index contributed by atoms with van der Waals surface area (Å²) < 4.78 is 0. The van der Waals surface area contributed by atoms with Gasteiger partial charge in [-0.1, -0.05) is 0 Å². The van der Waals surface area contributed by atoms with Crippen molar-refractivity contribution in [3.8, 4) is 0 Å². The molecule has 9 heteroatoms. The molecular weight excluding hydrogens is 280 g/mol. The highest BCUT2D eigenvalue weighted by Gasteiger charge is 2.23. The topological polar surface area (TPSA) is 142 Å². The van der Waals surface area contributed by atoms with Gasteiger partial charge in [-0.3, -0.25) is 14.4 Å². The van der Waals surface area contributed by atoms with E-state index in [0.717, 1.165) is 0 Å². The number of carboxylic acids is 1. The highest BCUT2D eigenvalue weighted by molar-refractivity contribution is 5.86. The molecule has 0 unspecified atom stereocenters. The summed E-state index contributed by atoms with van der Waals surface area (Å²) in [5, 5.41) is 13.0. The van der Waals surface area contributed by atoms with E-state index in [2.05, 4.69) is 10.6 Å². The maximum absolute atomic E-state index is 11.8. The van der Waals surface area contributed by atoms with Crippen LogP contribution in [0.5, 0.6) is 0 Å². The van der Waals surface area contributed by atoms with E-state index in [9.17, 15) is 19.2 Å². The van der Waals surface area contributed by atoms with E-state index in [0.29, 0.717) is 32.4 Å². The Morgan fingerprint density at radius 1 is 1.10 bits per heavy atom. The number of likely N-dealkylation sites (tertiary alicyclic amines) is 1. The monoisotopic (exact) mass is 300 g/mol. The van der Waals surface area contributed by atoms with Gasteiger partial charge in [-0.2, -0.15) is 0 Å². The van der Waals surface area contributed by atoms with E-state index in [1.165, 1.54) is 0 Å². The van der Waals surface area contributed by atoms with Gasteiger partial charge in [0.1, 0.15) is 6.54 Å². The highest BCUT2D eigenvalue weighted by atomic mass is 16.4. The van der Waals surface area contributed by atoms with Crippen LogP contribution in [0.25, 0.3) is 0 Å². The van der Waals surface area contributed by atoms with Crippen LogP contribution in [0.3, 0.4) is 0 Å². The quantitative estimate of drug-likeness (QED) is 0.471. The van der Waals surface area contributed by atoms with Crippen molar-refractivity contribution in [1.29, 1.82) is 0 Å². The minimum Gasteiger partial charge on any atom is -0.480 e. The Bertz CT molecular complexity index is 418. The van der Waals surface area contributed by atoms with E-state index >= 15 is 0 Å². The number of nitrogens with zero attached hydrogens (tertiary/aromatic N) is 1. The molecule has 1 aliphatic rings. The van der Waals surface area contributed by atoms with E-state index in [-0.39, 0.29) is 24.4 Å². The smallest absolute Gasteiger partial charge is 0.322 e. The molecule has 118 valence electrons. The molecule has 0 aromatic rings. The Morgan fingerprint density at radius 3 is 2.24 bits per heavy atom. The molecule has 9 nitrogen and oxygen atoms in total. The van der Waals surface area contributed by atoms with Crippen molar-refractivity contribution in [2.75, 3.05) is 26.2 Å². The minimum absolute atomic E-state index is 0.199. The van der Waals surface area contributed by atoms with E-state index in [1.54, 1.807) is 4.90 Å². The minimum atomic E-state index is -1.15. The lowest BCUT2D eigenvalue weighted by atomic mass is 9.93. The molecule has 4 amide bonds. The fourth-order valence-electron chi connectivity index (χ4n) is 2.13. The number of amides is 4. The number of hydrogen-bond donors (Lipinski definition) is 4. The van der Waals surface area contributed by atoms with Crippen LogP contribution in [0.1, 0.15) is 19.3 Å². The summed E-state index contributed by atoms with van der Waals surface area (Å²) in [7, 11) is 0. The third-order valence-corrected chi connectivity index (χ3v) is 3.23. The number of rotatable bonds is 6. The van der Waals surface area contributed by atoms with E-state index in [4.69, 9.17) is 10.8 Å². The third-order valence-electron chi connectivity index (χ3n) is 3.23. The fourth-order valence-corrected chi connectivity index (χ4v) is 2.13. The van der Waals surface area contributed by atoms with E-state index in [1.807, 2.05) is 0 Å². The van der Waals surface area contributed by atoms with Gasteiger partial charge in [0.05, 0.1) is 6.54 Å². The SMILES string of the molecule is NC(=O)CC1CCN(C(=O)NCC(=O)NCC(=O)O)CC1. The summed E-state index contributed by atoms with van der Waals surface area (Å²) in [6.07, 6.45) is 1.72. The number of nitrogens with one attached hydrogen (secondary N) is 2. The first kappa shape index (κ1) is 16.7. The van der Waals surface area contributed by atoms with Gasteiger partial charge in [0, 0.05) is 19.5 Å². The molecule has 0 radical (unpaired) electrons. The van der Waals surface area contributed by atoms with Gasteiger partial charge in [0.15, 0.2) is 0 Å². The molecule has 21 heavy (non-hydrogen) atoms. The summed E-state index contributed by atoms with van der Waals surface area (Å²) in [6.45, 7) is 0.252. The molecule has 0 spiro atoms. The number of carboxylic acid groups (broad SMARTS) is 1. The second-order valence-electron chi connectivity index (χ2n) is 4.93. The molecular formula is C12H20N4O5. The Labute approximate surface area is 121 Å². The molecule has 0 atom stereocenters. The van der Waals surface area contributed by atoms with Gasteiger partial charge in [-0.15, -0.1) is 0 Å². The summed E-state index contributed by atoms with van der Waals surface area (Å²) in [4.78, 5) is 45.7. The van der Waals surface area contributed by atoms with Crippen molar-refractivity contribution in [1.82, 2.24) is 15.5 Å². The molecule has 0 saturated carbocycles.